The van der Waals surface area contributed by atoms with Gasteiger partial charge in [0.2, 0.25) is 0 Å². The van der Waals surface area contributed by atoms with E-state index in [4.69, 9.17) is 9.47 Å². The van der Waals surface area contributed by atoms with E-state index in [2.05, 4.69) is 10.6 Å². The van der Waals surface area contributed by atoms with Crippen LogP contribution in [0.4, 0.5) is 10.5 Å². The zero-order valence-corrected chi connectivity index (χ0v) is 14.2. The van der Waals surface area contributed by atoms with E-state index in [1.165, 1.54) is 0 Å². The summed E-state index contributed by atoms with van der Waals surface area (Å²) in [5, 5.41) is 5.53. The summed E-state index contributed by atoms with van der Waals surface area (Å²) in [7, 11) is 0. The zero-order chi connectivity index (χ0) is 17.8. The van der Waals surface area contributed by atoms with Crippen molar-refractivity contribution in [2.45, 2.75) is 26.5 Å². The molecule has 0 unspecified atom stereocenters. The topological polar surface area (TPSA) is 76.7 Å². The molecule has 0 atom stereocenters. The van der Waals surface area contributed by atoms with Crippen LogP contribution in [-0.2, 0) is 16.1 Å². The third kappa shape index (κ3) is 4.29. The molecule has 1 heterocycles. The Labute approximate surface area is 146 Å². The quantitative estimate of drug-likeness (QED) is 0.895. The minimum atomic E-state index is -0.436. The van der Waals surface area contributed by atoms with Crippen LogP contribution in [0.3, 0.4) is 0 Å². The SMILES string of the molecule is CC(C)OC(=O)NCc1cccc(-c2ccc3c(c2)NC(=O)CO3)c1. The summed E-state index contributed by atoms with van der Waals surface area (Å²) in [5.74, 6) is 0.504. The molecule has 0 bridgehead atoms. The van der Waals surface area contributed by atoms with E-state index in [-0.39, 0.29) is 18.6 Å². The number of rotatable bonds is 4. The largest absolute Gasteiger partial charge is 0.482 e. The molecule has 2 N–H and O–H groups in total. The highest BCUT2D eigenvalue weighted by Crippen LogP contribution is 2.32. The fraction of sp³-hybridized carbons (Fsp3) is 0.263. The van der Waals surface area contributed by atoms with Crippen molar-refractivity contribution in [3.05, 3.63) is 48.0 Å². The predicted molar refractivity (Wildman–Crippen MR) is 94.5 cm³/mol. The van der Waals surface area contributed by atoms with Gasteiger partial charge in [-0.15, -0.1) is 0 Å². The van der Waals surface area contributed by atoms with E-state index in [9.17, 15) is 9.59 Å². The Morgan fingerprint density at radius 2 is 2.04 bits per heavy atom. The molecule has 0 aromatic heterocycles. The minimum absolute atomic E-state index is 0.0416. The van der Waals surface area contributed by atoms with E-state index < -0.39 is 6.09 Å². The summed E-state index contributed by atoms with van der Waals surface area (Å²) in [5.41, 5.74) is 3.56. The lowest BCUT2D eigenvalue weighted by atomic mass is 10.0. The molecule has 130 valence electrons. The number of ether oxygens (including phenoxy) is 2. The molecule has 2 aromatic carbocycles. The molecule has 0 fully saturated rings. The van der Waals surface area contributed by atoms with Crippen LogP contribution >= 0.6 is 0 Å². The van der Waals surface area contributed by atoms with Crippen molar-refractivity contribution in [2.24, 2.45) is 0 Å². The number of carbonyl (C=O) groups excluding carboxylic acids is 2. The first-order chi connectivity index (χ1) is 12.0. The second-order valence-corrected chi connectivity index (χ2v) is 6.06. The minimum Gasteiger partial charge on any atom is -0.482 e. The third-order valence-corrected chi connectivity index (χ3v) is 3.65. The highest BCUT2D eigenvalue weighted by molar-refractivity contribution is 5.96. The summed E-state index contributed by atoms with van der Waals surface area (Å²) in [6.45, 7) is 4.03. The van der Waals surface area contributed by atoms with Gasteiger partial charge >= 0.3 is 6.09 Å². The number of amides is 2. The smallest absolute Gasteiger partial charge is 0.407 e. The third-order valence-electron chi connectivity index (χ3n) is 3.65. The molecule has 25 heavy (non-hydrogen) atoms. The maximum absolute atomic E-state index is 11.6. The molecule has 6 nitrogen and oxygen atoms in total. The van der Waals surface area contributed by atoms with Gasteiger partial charge in [0.1, 0.15) is 5.75 Å². The monoisotopic (exact) mass is 340 g/mol. The number of benzene rings is 2. The Hall–Kier alpha value is -3.02. The highest BCUT2D eigenvalue weighted by atomic mass is 16.6. The number of carbonyl (C=O) groups is 2. The number of alkyl carbamates (subject to hydrolysis) is 1. The number of hydrogen-bond acceptors (Lipinski definition) is 4. The van der Waals surface area contributed by atoms with E-state index >= 15 is 0 Å². The molecular formula is C19H20N2O4. The van der Waals surface area contributed by atoms with Crippen molar-refractivity contribution in [1.82, 2.24) is 5.32 Å². The molecule has 0 saturated heterocycles. The van der Waals surface area contributed by atoms with Gasteiger partial charge in [-0.1, -0.05) is 24.3 Å². The van der Waals surface area contributed by atoms with Gasteiger partial charge in [0.15, 0.2) is 6.61 Å². The fourth-order valence-electron chi connectivity index (χ4n) is 2.55. The maximum atomic E-state index is 11.6. The average Bonchev–Trinajstić information content (AvgIpc) is 2.59. The lowest BCUT2D eigenvalue weighted by Gasteiger charge is -2.18. The van der Waals surface area contributed by atoms with Crippen LogP contribution < -0.4 is 15.4 Å². The van der Waals surface area contributed by atoms with E-state index in [0.717, 1.165) is 16.7 Å². The first-order valence-electron chi connectivity index (χ1n) is 8.12. The van der Waals surface area contributed by atoms with E-state index in [1.807, 2.05) is 42.5 Å². The van der Waals surface area contributed by atoms with Crippen molar-refractivity contribution in [1.29, 1.82) is 0 Å². The second kappa shape index (κ2) is 7.25. The first-order valence-corrected chi connectivity index (χ1v) is 8.12. The van der Waals surface area contributed by atoms with Crippen LogP contribution in [0.25, 0.3) is 11.1 Å². The Morgan fingerprint density at radius 3 is 2.84 bits per heavy atom. The molecule has 0 spiro atoms. The maximum Gasteiger partial charge on any atom is 0.407 e. The van der Waals surface area contributed by atoms with Gasteiger partial charge in [-0.3, -0.25) is 4.79 Å². The normalized spacial score (nSPS) is 12.8. The van der Waals surface area contributed by atoms with Gasteiger partial charge in [-0.05, 0) is 48.7 Å². The molecule has 6 heteroatoms. The molecule has 0 radical (unpaired) electrons. The van der Waals surface area contributed by atoms with Crippen LogP contribution in [0.1, 0.15) is 19.4 Å². The lowest BCUT2D eigenvalue weighted by molar-refractivity contribution is -0.118. The van der Waals surface area contributed by atoms with Crippen LogP contribution in [0.15, 0.2) is 42.5 Å². The summed E-state index contributed by atoms with van der Waals surface area (Å²) in [6, 6.07) is 13.5. The number of nitrogens with one attached hydrogen (secondary N) is 2. The van der Waals surface area contributed by atoms with E-state index in [0.29, 0.717) is 18.0 Å². The summed E-state index contributed by atoms with van der Waals surface area (Å²) >= 11 is 0. The van der Waals surface area contributed by atoms with Crippen LogP contribution in [0, 0.1) is 0 Å². The number of anilines is 1. The van der Waals surface area contributed by atoms with Gasteiger partial charge in [0.05, 0.1) is 11.8 Å². The number of fused-ring (bicyclic) bond motifs is 1. The number of hydrogen-bond donors (Lipinski definition) is 2. The molecule has 2 amide bonds. The summed E-state index contributed by atoms with van der Waals surface area (Å²) in [6.07, 6.45) is -0.590. The second-order valence-electron chi connectivity index (χ2n) is 6.06. The molecule has 0 saturated carbocycles. The van der Waals surface area contributed by atoms with E-state index in [1.54, 1.807) is 13.8 Å². The van der Waals surface area contributed by atoms with Gasteiger partial charge in [0.25, 0.3) is 5.91 Å². The van der Waals surface area contributed by atoms with Crippen molar-refractivity contribution in [2.75, 3.05) is 11.9 Å². The average molecular weight is 340 g/mol. The fourth-order valence-corrected chi connectivity index (χ4v) is 2.55. The van der Waals surface area contributed by atoms with Crippen molar-refractivity contribution in [3.63, 3.8) is 0 Å². The van der Waals surface area contributed by atoms with Crippen LogP contribution in [-0.4, -0.2) is 24.7 Å². The Kier molecular flexibility index (Phi) is 4.88. The Bertz CT molecular complexity index is 802. The molecule has 2 aromatic rings. The Morgan fingerprint density at radius 1 is 1.24 bits per heavy atom. The summed E-state index contributed by atoms with van der Waals surface area (Å²) in [4.78, 5) is 23.1. The van der Waals surface area contributed by atoms with Crippen LogP contribution in [0.2, 0.25) is 0 Å². The first kappa shape index (κ1) is 16.8. The lowest BCUT2D eigenvalue weighted by Crippen LogP contribution is -2.26. The molecule has 1 aliphatic heterocycles. The molecule has 3 rings (SSSR count). The summed E-state index contributed by atoms with van der Waals surface area (Å²) < 4.78 is 10.4. The predicted octanol–water partition coefficient (Wildman–Crippen LogP) is 3.32. The molecule has 0 aliphatic carbocycles. The highest BCUT2D eigenvalue weighted by Gasteiger charge is 2.16. The Balaban J connectivity index is 1.74. The van der Waals surface area contributed by atoms with Gasteiger partial charge < -0.3 is 20.1 Å². The zero-order valence-electron chi connectivity index (χ0n) is 14.2. The van der Waals surface area contributed by atoms with Crippen LogP contribution in [0.5, 0.6) is 5.75 Å². The van der Waals surface area contributed by atoms with Crippen molar-refractivity contribution < 1.29 is 19.1 Å². The van der Waals surface area contributed by atoms with Gasteiger partial charge in [-0.25, -0.2) is 4.79 Å². The molecular weight excluding hydrogens is 320 g/mol. The van der Waals surface area contributed by atoms with Gasteiger partial charge in [0, 0.05) is 6.54 Å². The standard InChI is InChI=1S/C19H20N2O4/c1-12(2)25-19(23)20-10-13-4-3-5-14(8-13)15-6-7-17-16(9-15)21-18(22)11-24-17/h3-9,12H,10-11H2,1-2H3,(H,20,23)(H,21,22). The van der Waals surface area contributed by atoms with Crippen molar-refractivity contribution >= 4 is 17.7 Å². The van der Waals surface area contributed by atoms with Crippen molar-refractivity contribution in [3.8, 4) is 16.9 Å². The van der Waals surface area contributed by atoms with Gasteiger partial charge in [-0.2, -0.15) is 0 Å². The molecule has 1 aliphatic rings.